The van der Waals surface area contributed by atoms with Gasteiger partial charge in [-0.3, -0.25) is 0 Å². The third kappa shape index (κ3) is 2.81. The Bertz CT molecular complexity index is 642. The minimum absolute atomic E-state index is 0.247. The lowest BCUT2D eigenvalue weighted by Crippen LogP contribution is -2.22. The first-order valence-corrected chi connectivity index (χ1v) is 8.67. The molecule has 4 nitrogen and oxygen atoms in total. The van der Waals surface area contributed by atoms with Crippen LogP contribution in [0.4, 0.5) is 0 Å². The van der Waals surface area contributed by atoms with Crippen molar-refractivity contribution >= 4 is 31.8 Å². The number of benzene rings is 1. The highest BCUT2D eigenvalue weighted by atomic mass is 79.9. The summed E-state index contributed by atoms with van der Waals surface area (Å²) in [4.78, 5) is 14.9. The Morgan fingerprint density at radius 1 is 1.32 bits per heavy atom. The van der Waals surface area contributed by atoms with Crippen LogP contribution in [-0.2, 0) is 20.2 Å². The lowest BCUT2D eigenvalue weighted by atomic mass is 9.89. The number of aliphatic imine (C=N–C) groups is 1. The van der Waals surface area contributed by atoms with Crippen molar-refractivity contribution in [1.82, 2.24) is 0 Å². The van der Waals surface area contributed by atoms with E-state index >= 15 is 0 Å². The zero-order chi connectivity index (χ0) is 14.1. The van der Waals surface area contributed by atoms with Crippen LogP contribution < -0.4 is 0 Å². The van der Waals surface area contributed by atoms with Crippen molar-refractivity contribution in [2.45, 2.75) is 36.1 Å². The number of carbonyl (C=O) groups excluding carboxylic acids is 1. The highest BCUT2D eigenvalue weighted by molar-refractivity contribution is 9.10. The molecule has 0 N–H and O–H groups in total. The second kappa shape index (κ2) is 5.19. The van der Waals surface area contributed by atoms with Gasteiger partial charge in [-0.1, -0.05) is 28.8 Å². The molecular formula is C13H14BrNO3S. The second-order valence-electron chi connectivity index (χ2n) is 4.85. The Morgan fingerprint density at radius 2 is 1.95 bits per heavy atom. The highest BCUT2D eigenvalue weighted by Crippen LogP contribution is 2.45. The Labute approximate surface area is 121 Å². The van der Waals surface area contributed by atoms with Crippen molar-refractivity contribution < 1.29 is 13.2 Å². The summed E-state index contributed by atoms with van der Waals surface area (Å²) in [7, 11) is -3.35. The van der Waals surface area contributed by atoms with Crippen molar-refractivity contribution in [3.8, 4) is 0 Å². The first-order chi connectivity index (χ1) is 8.89. The summed E-state index contributed by atoms with van der Waals surface area (Å²) in [5.74, 6) is 0. The number of nitrogens with zero attached hydrogens (tertiary/aromatic N) is 1. The fourth-order valence-electron chi connectivity index (χ4n) is 2.68. The maximum Gasteiger partial charge on any atom is 0.235 e. The van der Waals surface area contributed by atoms with E-state index in [4.69, 9.17) is 0 Å². The molecule has 6 heteroatoms. The second-order valence-corrected chi connectivity index (χ2v) is 7.75. The molecule has 1 aromatic rings. The Kier molecular flexibility index (Phi) is 3.95. The van der Waals surface area contributed by atoms with Crippen molar-refractivity contribution in [1.29, 1.82) is 0 Å². The van der Waals surface area contributed by atoms with Crippen LogP contribution in [0, 0.1) is 0 Å². The van der Waals surface area contributed by atoms with Crippen molar-refractivity contribution in [2.75, 3.05) is 6.26 Å². The van der Waals surface area contributed by atoms with Gasteiger partial charge < -0.3 is 0 Å². The molecule has 1 aromatic carbocycles. The van der Waals surface area contributed by atoms with E-state index in [1.54, 1.807) is 24.3 Å². The SMILES string of the molecule is CS(=O)(=O)c1ccc(Br)cc1C1(N=C=O)CCCC1. The van der Waals surface area contributed by atoms with E-state index in [0.29, 0.717) is 18.4 Å². The number of isocyanates is 1. The van der Waals surface area contributed by atoms with Crippen LogP contribution in [0.15, 0.2) is 32.6 Å². The Morgan fingerprint density at radius 3 is 2.47 bits per heavy atom. The fraction of sp³-hybridized carbons (Fsp3) is 0.462. The van der Waals surface area contributed by atoms with Gasteiger partial charge in [-0.05, 0) is 31.0 Å². The largest absolute Gasteiger partial charge is 0.235 e. The maximum atomic E-state index is 11.9. The van der Waals surface area contributed by atoms with E-state index in [-0.39, 0.29) is 4.90 Å². The standard InChI is InChI=1S/C13H14BrNO3S/c1-19(17,18)12-5-4-10(14)8-11(12)13(15-9-16)6-2-3-7-13/h4-5,8H,2-3,6-7H2,1H3. The van der Waals surface area contributed by atoms with Crippen LogP contribution >= 0.6 is 15.9 Å². The van der Waals surface area contributed by atoms with Crippen molar-refractivity contribution in [2.24, 2.45) is 4.99 Å². The fourth-order valence-corrected chi connectivity index (χ4v) is 4.00. The molecule has 102 valence electrons. The van der Waals surface area contributed by atoms with Crippen molar-refractivity contribution in [3.63, 3.8) is 0 Å². The van der Waals surface area contributed by atoms with Crippen LogP contribution in [0.2, 0.25) is 0 Å². The monoisotopic (exact) mass is 343 g/mol. The molecule has 0 saturated heterocycles. The zero-order valence-corrected chi connectivity index (χ0v) is 12.9. The molecule has 1 aliphatic rings. The molecule has 1 aliphatic carbocycles. The molecule has 0 spiro atoms. The summed E-state index contributed by atoms with van der Waals surface area (Å²) in [5.41, 5.74) is -0.130. The van der Waals surface area contributed by atoms with Gasteiger partial charge in [0.25, 0.3) is 0 Å². The van der Waals surface area contributed by atoms with E-state index in [0.717, 1.165) is 17.3 Å². The summed E-state index contributed by atoms with van der Waals surface area (Å²) in [6, 6.07) is 5.00. The number of sulfone groups is 1. The molecular weight excluding hydrogens is 330 g/mol. The molecule has 0 atom stereocenters. The summed E-state index contributed by atoms with van der Waals surface area (Å²) in [6.45, 7) is 0. The molecule has 1 saturated carbocycles. The average Bonchev–Trinajstić information content (AvgIpc) is 2.77. The number of hydrogen-bond donors (Lipinski definition) is 0. The molecule has 0 aliphatic heterocycles. The number of rotatable bonds is 3. The van der Waals surface area contributed by atoms with Gasteiger partial charge in [-0.15, -0.1) is 0 Å². The minimum Gasteiger partial charge on any atom is -0.224 e. The summed E-state index contributed by atoms with van der Waals surface area (Å²) >= 11 is 3.35. The predicted octanol–water partition coefficient (Wildman–Crippen LogP) is 2.96. The Hall–Kier alpha value is -0.970. The first kappa shape index (κ1) is 14.4. The van der Waals surface area contributed by atoms with Crippen LogP contribution in [0.5, 0.6) is 0 Å². The van der Waals surface area contributed by atoms with Gasteiger partial charge in [-0.25, -0.2) is 13.2 Å². The summed E-state index contributed by atoms with van der Waals surface area (Å²) < 4.78 is 24.6. The van der Waals surface area contributed by atoms with E-state index in [1.807, 2.05) is 0 Å². The van der Waals surface area contributed by atoms with Gasteiger partial charge in [0, 0.05) is 16.3 Å². The first-order valence-electron chi connectivity index (χ1n) is 5.98. The van der Waals surface area contributed by atoms with Gasteiger partial charge >= 0.3 is 0 Å². The van der Waals surface area contributed by atoms with E-state index < -0.39 is 15.4 Å². The Balaban J connectivity index is 2.72. The predicted molar refractivity (Wildman–Crippen MR) is 75.5 cm³/mol. The van der Waals surface area contributed by atoms with Gasteiger partial charge in [0.05, 0.1) is 10.4 Å². The quantitative estimate of drug-likeness (QED) is 0.626. The summed E-state index contributed by atoms with van der Waals surface area (Å²) in [5, 5.41) is 0. The van der Waals surface area contributed by atoms with Gasteiger partial charge in [0.1, 0.15) is 0 Å². The third-order valence-electron chi connectivity index (χ3n) is 3.53. The van der Waals surface area contributed by atoms with Gasteiger partial charge in [0.2, 0.25) is 6.08 Å². The highest BCUT2D eigenvalue weighted by Gasteiger charge is 2.39. The number of halogens is 1. The van der Waals surface area contributed by atoms with E-state index in [9.17, 15) is 13.2 Å². The van der Waals surface area contributed by atoms with Crippen LogP contribution in [-0.4, -0.2) is 20.8 Å². The normalized spacial score (nSPS) is 18.0. The molecule has 0 radical (unpaired) electrons. The maximum absolute atomic E-state index is 11.9. The van der Waals surface area contributed by atoms with Gasteiger partial charge in [-0.2, -0.15) is 4.99 Å². The topological polar surface area (TPSA) is 63.6 Å². The zero-order valence-electron chi connectivity index (χ0n) is 10.5. The van der Waals surface area contributed by atoms with Crippen molar-refractivity contribution in [3.05, 3.63) is 28.2 Å². The molecule has 0 unspecified atom stereocenters. The number of hydrogen-bond acceptors (Lipinski definition) is 4. The molecule has 0 bridgehead atoms. The average molecular weight is 344 g/mol. The van der Waals surface area contributed by atoms with E-state index in [2.05, 4.69) is 20.9 Å². The molecule has 1 fully saturated rings. The van der Waals surface area contributed by atoms with Crippen LogP contribution in [0.1, 0.15) is 31.2 Å². The van der Waals surface area contributed by atoms with Crippen LogP contribution in [0.3, 0.4) is 0 Å². The smallest absolute Gasteiger partial charge is 0.224 e. The molecule has 0 aromatic heterocycles. The third-order valence-corrected chi connectivity index (χ3v) is 5.18. The molecule has 0 heterocycles. The molecule has 19 heavy (non-hydrogen) atoms. The molecule has 0 amide bonds. The van der Waals surface area contributed by atoms with Gasteiger partial charge in [0.15, 0.2) is 9.84 Å². The van der Waals surface area contributed by atoms with E-state index in [1.165, 1.54) is 6.26 Å². The lowest BCUT2D eigenvalue weighted by Gasteiger charge is -2.25. The lowest BCUT2D eigenvalue weighted by molar-refractivity contribution is 0.446. The molecule has 2 rings (SSSR count). The van der Waals surface area contributed by atoms with Crippen LogP contribution in [0.25, 0.3) is 0 Å². The minimum atomic E-state index is -3.35. The summed E-state index contributed by atoms with van der Waals surface area (Å²) in [6.07, 6.45) is 6.01.